The van der Waals surface area contributed by atoms with Gasteiger partial charge in [0, 0.05) is 6.04 Å². The van der Waals surface area contributed by atoms with E-state index in [0.717, 1.165) is 6.61 Å². The Bertz CT molecular complexity index is 146. The average molecular weight is 157 g/mol. The molecular weight excluding hydrogens is 138 g/mol. The summed E-state index contributed by atoms with van der Waals surface area (Å²) in [7, 11) is 0. The third kappa shape index (κ3) is 2.17. The molecule has 0 aromatic heterocycles. The Balaban J connectivity index is 2.55. The van der Waals surface area contributed by atoms with Gasteiger partial charge in [-0.1, -0.05) is 20.8 Å². The third-order valence-corrected chi connectivity index (χ3v) is 2.18. The molecule has 0 aliphatic carbocycles. The molecule has 0 aromatic rings. The van der Waals surface area contributed by atoms with Gasteiger partial charge >= 0.3 is 0 Å². The van der Waals surface area contributed by atoms with E-state index < -0.39 is 0 Å². The molecule has 1 aliphatic rings. The molecule has 2 nitrogen and oxygen atoms in total. The largest absolute Gasteiger partial charge is 0.360 e. The fourth-order valence-corrected chi connectivity index (χ4v) is 1.26. The first-order valence-corrected chi connectivity index (χ1v) is 4.23. The molecule has 0 saturated carbocycles. The van der Waals surface area contributed by atoms with Gasteiger partial charge in [0.2, 0.25) is 0 Å². The van der Waals surface area contributed by atoms with E-state index in [2.05, 4.69) is 39.9 Å². The van der Waals surface area contributed by atoms with E-state index in [1.54, 1.807) is 0 Å². The number of ether oxygens (including phenoxy) is 1. The van der Waals surface area contributed by atoms with Gasteiger partial charge in [0.05, 0.1) is 6.61 Å². The lowest BCUT2D eigenvalue weighted by Crippen LogP contribution is -2.44. The summed E-state index contributed by atoms with van der Waals surface area (Å²) in [5, 5.41) is 3.45. The summed E-state index contributed by atoms with van der Waals surface area (Å²) in [5.74, 6) is 0. The van der Waals surface area contributed by atoms with Crippen LogP contribution in [-0.2, 0) is 4.74 Å². The monoisotopic (exact) mass is 157 g/mol. The van der Waals surface area contributed by atoms with Gasteiger partial charge < -0.3 is 4.74 Å². The first kappa shape index (κ1) is 9.01. The van der Waals surface area contributed by atoms with Crippen molar-refractivity contribution in [2.75, 3.05) is 6.61 Å². The highest BCUT2D eigenvalue weighted by Gasteiger charge is 2.37. The van der Waals surface area contributed by atoms with Crippen molar-refractivity contribution in [3.8, 4) is 0 Å². The fraction of sp³-hybridized carbons (Fsp3) is 1.00. The van der Waals surface area contributed by atoms with Gasteiger partial charge in [0.1, 0.15) is 5.72 Å². The minimum Gasteiger partial charge on any atom is -0.360 e. The van der Waals surface area contributed by atoms with Crippen LogP contribution in [0.3, 0.4) is 0 Å². The van der Waals surface area contributed by atoms with Crippen LogP contribution in [0.2, 0.25) is 0 Å². The molecule has 2 heteroatoms. The smallest absolute Gasteiger partial charge is 0.113 e. The van der Waals surface area contributed by atoms with Gasteiger partial charge in [-0.3, -0.25) is 5.32 Å². The molecule has 66 valence electrons. The molecule has 0 amide bonds. The maximum absolute atomic E-state index is 5.57. The van der Waals surface area contributed by atoms with Crippen molar-refractivity contribution < 1.29 is 4.74 Å². The van der Waals surface area contributed by atoms with Crippen LogP contribution in [0.5, 0.6) is 0 Å². The normalized spacial score (nSPS) is 30.8. The van der Waals surface area contributed by atoms with Crippen LogP contribution < -0.4 is 5.32 Å². The molecule has 1 aliphatic heterocycles. The van der Waals surface area contributed by atoms with Crippen LogP contribution in [0, 0.1) is 5.41 Å². The molecule has 0 aromatic carbocycles. The summed E-state index contributed by atoms with van der Waals surface area (Å²) < 4.78 is 5.57. The fourth-order valence-electron chi connectivity index (χ4n) is 1.26. The molecule has 1 atom stereocenters. The van der Waals surface area contributed by atoms with Crippen molar-refractivity contribution in [2.45, 2.75) is 46.4 Å². The van der Waals surface area contributed by atoms with Gasteiger partial charge in [-0.25, -0.2) is 0 Å². The number of hydrogen-bond donors (Lipinski definition) is 1. The summed E-state index contributed by atoms with van der Waals surface area (Å²) >= 11 is 0. The highest BCUT2D eigenvalue weighted by Crippen LogP contribution is 2.27. The zero-order chi connectivity index (χ0) is 8.70. The summed E-state index contributed by atoms with van der Waals surface area (Å²) in [5.41, 5.74) is 0.172. The maximum atomic E-state index is 5.57. The zero-order valence-corrected chi connectivity index (χ0v) is 8.19. The van der Waals surface area contributed by atoms with E-state index in [1.807, 2.05) is 0 Å². The maximum Gasteiger partial charge on any atom is 0.113 e. The molecule has 1 rings (SSSR count). The van der Waals surface area contributed by atoms with Crippen LogP contribution in [-0.4, -0.2) is 18.4 Å². The highest BCUT2D eigenvalue weighted by atomic mass is 16.5. The van der Waals surface area contributed by atoms with Crippen molar-refractivity contribution in [2.24, 2.45) is 5.41 Å². The Kier molecular flexibility index (Phi) is 2.01. The lowest BCUT2D eigenvalue weighted by molar-refractivity contribution is 0.0228. The van der Waals surface area contributed by atoms with Gasteiger partial charge in [-0.15, -0.1) is 0 Å². The molecule has 0 bridgehead atoms. The molecule has 1 N–H and O–H groups in total. The Morgan fingerprint density at radius 2 is 1.91 bits per heavy atom. The second kappa shape index (κ2) is 2.46. The van der Waals surface area contributed by atoms with Crippen molar-refractivity contribution in [1.29, 1.82) is 0 Å². The SMILES string of the molecule is CC1(C)NC(C(C)(C)C)CO1. The number of hydrogen-bond acceptors (Lipinski definition) is 2. The molecule has 1 unspecified atom stereocenters. The minimum absolute atomic E-state index is 0.127. The van der Waals surface area contributed by atoms with Crippen molar-refractivity contribution in [3.63, 3.8) is 0 Å². The van der Waals surface area contributed by atoms with E-state index in [0.29, 0.717) is 11.5 Å². The van der Waals surface area contributed by atoms with E-state index in [9.17, 15) is 0 Å². The number of rotatable bonds is 0. The van der Waals surface area contributed by atoms with Crippen LogP contribution >= 0.6 is 0 Å². The molecule has 1 fully saturated rings. The molecule has 1 heterocycles. The molecule has 1 saturated heterocycles. The molecular formula is C9H19NO. The Morgan fingerprint density at radius 1 is 1.36 bits per heavy atom. The first-order chi connectivity index (χ1) is 4.81. The predicted molar refractivity (Wildman–Crippen MR) is 46.4 cm³/mol. The minimum atomic E-state index is -0.127. The van der Waals surface area contributed by atoms with E-state index in [4.69, 9.17) is 4.74 Å². The van der Waals surface area contributed by atoms with Gasteiger partial charge in [0.15, 0.2) is 0 Å². The van der Waals surface area contributed by atoms with Crippen molar-refractivity contribution >= 4 is 0 Å². The quantitative estimate of drug-likeness (QED) is 0.578. The Morgan fingerprint density at radius 3 is 2.09 bits per heavy atom. The van der Waals surface area contributed by atoms with Gasteiger partial charge in [0.25, 0.3) is 0 Å². The highest BCUT2D eigenvalue weighted by molar-refractivity contribution is 4.89. The standard InChI is InChI=1S/C9H19NO/c1-8(2,3)7-6-11-9(4,5)10-7/h7,10H,6H2,1-5H3. The van der Waals surface area contributed by atoms with Crippen LogP contribution in [0.25, 0.3) is 0 Å². The average Bonchev–Trinajstić information content (AvgIpc) is 2.07. The Labute approximate surface area is 69.3 Å². The van der Waals surface area contributed by atoms with E-state index in [1.165, 1.54) is 0 Å². The predicted octanol–water partition coefficient (Wildman–Crippen LogP) is 1.76. The van der Waals surface area contributed by atoms with Crippen LogP contribution in [0.1, 0.15) is 34.6 Å². The topological polar surface area (TPSA) is 21.3 Å². The first-order valence-electron chi connectivity index (χ1n) is 4.23. The van der Waals surface area contributed by atoms with Crippen molar-refractivity contribution in [3.05, 3.63) is 0 Å². The van der Waals surface area contributed by atoms with Crippen LogP contribution in [0.4, 0.5) is 0 Å². The van der Waals surface area contributed by atoms with Crippen LogP contribution in [0.15, 0.2) is 0 Å². The lowest BCUT2D eigenvalue weighted by atomic mass is 9.87. The Hall–Kier alpha value is -0.0800. The molecule has 0 spiro atoms. The zero-order valence-electron chi connectivity index (χ0n) is 8.19. The summed E-state index contributed by atoms with van der Waals surface area (Å²) in [6, 6.07) is 0.484. The lowest BCUT2D eigenvalue weighted by Gasteiger charge is -2.27. The molecule has 0 radical (unpaired) electrons. The van der Waals surface area contributed by atoms with E-state index in [-0.39, 0.29) is 5.72 Å². The second-order valence-corrected chi connectivity index (χ2v) is 4.88. The van der Waals surface area contributed by atoms with Gasteiger partial charge in [-0.05, 0) is 19.3 Å². The second-order valence-electron chi connectivity index (χ2n) is 4.88. The van der Waals surface area contributed by atoms with E-state index >= 15 is 0 Å². The summed E-state index contributed by atoms with van der Waals surface area (Å²) in [4.78, 5) is 0. The van der Waals surface area contributed by atoms with Gasteiger partial charge in [-0.2, -0.15) is 0 Å². The van der Waals surface area contributed by atoms with Crippen molar-refractivity contribution in [1.82, 2.24) is 5.32 Å². The summed E-state index contributed by atoms with van der Waals surface area (Å²) in [6.45, 7) is 11.7. The third-order valence-electron chi connectivity index (χ3n) is 2.18. The summed E-state index contributed by atoms with van der Waals surface area (Å²) in [6.07, 6.45) is 0. The number of nitrogens with one attached hydrogen (secondary N) is 1. The molecule has 11 heavy (non-hydrogen) atoms.